The van der Waals surface area contributed by atoms with E-state index in [9.17, 15) is 0 Å². The average molecular weight is 173 g/mol. The number of tetrazole rings is 1. The molecule has 0 aliphatic heterocycles. The van der Waals surface area contributed by atoms with E-state index in [0.717, 1.165) is 25.9 Å². The van der Waals surface area contributed by atoms with E-state index in [1.165, 1.54) is 0 Å². The average Bonchev–Trinajstić information content (AvgIpc) is 2.37. The van der Waals surface area contributed by atoms with Gasteiger partial charge in [-0.25, -0.2) is 4.68 Å². The first-order valence-corrected chi connectivity index (χ1v) is 3.93. The Hall–Kier alpha value is -0.750. The number of aromatic amines is 1. The number of H-pyrrole nitrogens is 1. The van der Waals surface area contributed by atoms with Crippen molar-refractivity contribution in [2.24, 2.45) is 5.73 Å². The molecular formula is C5H11N5S. The molecule has 0 amide bonds. The van der Waals surface area contributed by atoms with E-state index in [4.69, 9.17) is 18.0 Å². The third-order valence-corrected chi connectivity index (χ3v) is 1.67. The Morgan fingerprint density at radius 1 is 1.55 bits per heavy atom. The molecule has 0 spiro atoms. The van der Waals surface area contributed by atoms with Gasteiger partial charge in [0.25, 0.3) is 0 Å². The van der Waals surface area contributed by atoms with E-state index in [2.05, 4.69) is 15.5 Å². The van der Waals surface area contributed by atoms with Gasteiger partial charge in [0, 0.05) is 6.54 Å². The molecule has 1 aromatic heterocycles. The highest BCUT2D eigenvalue weighted by Gasteiger charge is 1.92. The molecule has 1 heterocycles. The summed E-state index contributed by atoms with van der Waals surface area (Å²) in [6.45, 7) is 1.54. The Kier molecular flexibility index (Phi) is 3.18. The van der Waals surface area contributed by atoms with Crippen molar-refractivity contribution < 1.29 is 0 Å². The zero-order valence-electron chi connectivity index (χ0n) is 6.16. The van der Waals surface area contributed by atoms with Gasteiger partial charge < -0.3 is 5.73 Å². The number of nitrogens with two attached hydrogens (primary N) is 1. The van der Waals surface area contributed by atoms with Gasteiger partial charge in [0.2, 0.25) is 4.77 Å². The topological polar surface area (TPSA) is 72.5 Å². The van der Waals surface area contributed by atoms with Crippen LogP contribution < -0.4 is 5.73 Å². The third-order valence-electron chi connectivity index (χ3n) is 1.37. The van der Waals surface area contributed by atoms with Crippen LogP contribution in [0.15, 0.2) is 0 Å². The number of aryl methyl sites for hydroxylation is 1. The van der Waals surface area contributed by atoms with Crippen molar-refractivity contribution in [1.29, 1.82) is 0 Å². The van der Waals surface area contributed by atoms with Gasteiger partial charge in [-0.1, -0.05) is 10.3 Å². The van der Waals surface area contributed by atoms with Gasteiger partial charge >= 0.3 is 0 Å². The molecule has 0 aliphatic carbocycles. The number of rotatable bonds is 4. The molecule has 0 atom stereocenters. The minimum absolute atomic E-state index is 0.502. The van der Waals surface area contributed by atoms with Crippen molar-refractivity contribution in [3.05, 3.63) is 4.77 Å². The largest absolute Gasteiger partial charge is 0.330 e. The van der Waals surface area contributed by atoms with E-state index < -0.39 is 0 Å². The van der Waals surface area contributed by atoms with Gasteiger partial charge in [-0.2, -0.15) is 5.21 Å². The molecule has 0 aromatic carbocycles. The molecule has 0 unspecified atom stereocenters. The standard InChI is InChI=1S/C5H11N5S/c6-3-1-2-4-10-5(11)7-8-9-10/h1-4,6H2,(H,7,9,11). The van der Waals surface area contributed by atoms with Crippen molar-refractivity contribution >= 4 is 12.2 Å². The molecule has 1 aromatic rings. The molecule has 5 nitrogen and oxygen atoms in total. The molecule has 0 radical (unpaired) electrons. The van der Waals surface area contributed by atoms with Crippen LogP contribution >= 0.6 is 12.2 Å². The Bertz CT molecular complexity index is 251. The molecule has 0 fully saturated rings. The first kappa shape index (κ1) is 8.35. The lowest BCUT2D eigenvalue weighted by molar-refractivity contribution is 0.539. The number of nitrogens with one attached hydrogen (secondary N) is 1. The van der Waals surface area contributed by atoms with Crippen LogP contribution in [-0.2, 0) is 6.54 Å². The summed E-state index contributed by atoms with van der Waals surface area (Å²) in [6, 6.07) is 0. The Labute approximate surface area is 69.6 Å². The van der Waals surface area contributed by atoms with Gasteiger partial charge in [-0.05, 0) is 31.6 Å². The zero-order chi connectivity index (χ0) is 8.10. The lowest BCUT2D eigenvalue weighted by Crippen LogP contribution is -2.04. The molecule has 11 heavy (non-hydrogen) atoms. The predicted octanol–water partition coefficient (Wildman–Crippen LogP) is 0.0746. The van der Waals surface area contributed by atoms with Crippen LogP contribution in [0.25, 0.3) is 0 Å². The smallest absolute Gasteiger partial charge is 0.238 e. The summed E-state index contributed by atoms with van der Waals surface area (Å²) in [5.74, 6) is 0. The summed E-state index contributed by atoms with van der Waals surface area (Å²) >= 11 is 4.86. The summed E-state index contributed by atoms with van der Waals surface area (Å²) in [4.78, 5) is 0. The first-order chi connectivity index (χ1) is 5.34. The fourth-order valence-corrected chi connectivity index (χ4v) is 0.949. The highest BCUT2D eigenvalue weighted by atomic mass is 32.1. The molecule has 0 saturated carbocycles. The van der Waals surface area contributed by atoms with E-state index in [1.807, 2.05) is 0 Å². The maximum absolute atomic E-state index is 5.33. The normalized spacial score (nSPS) is 10.3. The predicted molar refractivity (Wildman–Crippen MR) is 43.5 cm³/mol. The molecule has 1 rings (SSSR count). The van der Waals surface area contributed by atoms with Gasteiger partial charge in [0.1, 0.15) is 0 Å². The molecule has 0 bridgehead atoms. The first-order valence-electron chi connectivity index (χ1n) is 3.52. The molecular weight excluding hydrogens is 162 g/mol. The van der Waals surface area contributed by atoms with Crippen LogP contribution in [0.2, 0.25) is 0 Å². The Morgan fingerprint density at radius 2 is 2.36 bits per heavy atom. The van der Waals surface area contributed by atoms with Crippen molar-refractivity contribution in [3.63, 3.8) is 0 Å². The summed E-state index contributed by atoms with van der Waals surface area (Å²) in [5, 5.41) is 9.86. The molecule has 62 valence electrons. The van der Waals surface area contributed by atoms with Gasteiger partial charge in [-0.15, -0.1) is 0 Å². The number of aromatic nitrogens is 4. The fourth-order valence-electron chi connectivity index (χ4n) is 0.776. The molecule has 0 saturated heterocycles. The fraction of sp³-hybridized carbons (Fsp3) is 0.800. The van der Waals surface area contributed by atoms with Crippen molar-refractivity contribution in [2.45, 2.75) is 19.4 Å². The maximum Gasteiger partial charge on any atom is 0.238 e. The van der Waals surface area contributed by atoms with Crippen LogP contribution in [-0.4, -0.2) is 26.8 Å². The van der Waals surface area contributed by atoms with Crippen LogP contribution in [0.5, 0.6) is 0 Å². The number of unbranched alkanes of at least 4 members (excludes halogenated alkanes) is 1. The summed E-state index contributed by atoms with van der Waals surface area (Å²) in [6.07, 6.45) is 2.01. The van der Waals surface area contributed by atoms with Crippen LogP contribution in [0.1, 0.15) is 12.8 Å². The quantitative estimate of drug-likeness (QED) is 0.499. The summed E-state index contributed by atoms with van der Waals surface area (Å²) in [5.41, 5.74) is 5.33. The van der Waals surface area contributed by atoms with E-state index in [-0.39, 0.29) is 0 Å². The Morgan fingerprint density at radius 3 is 2.91 bits per heavy atom. The lowest BCUT2D eigenvalue weighted by atomic mass is 10.3. The van der Waals surface area contributed by atoms with Crippen molar-refractivity contribution in [1.82, 2.24) is 20.2 Å². The van der Waals surface area contributed by atoms with E-state index in [0.29, 0.717) is 4.77 Å². The van der Waals surface area contributed by atoms with E-state index in [1.54, 1.807) is 4.68 Å². The highest BCUT2D eigenvalue weighted by molar-refractivity contribution is 7.71. The number of hydrogen-bond donors (Lipinski definition) is 2. The van der Waals surface area contributed by atoms with Gasteiger partial charge in [-0.3, -0.25) is 0 Å². The van der Waals surface area contributed by atoms with Crippen LogP contribution in [0, 0.1) is 4.77 Å². The minimum atomic E-state index is 0.502. The van der Waals surface area contributed by atoms with Crippen molar-refractivity contribution in [2.75, 3.05) is 6.54 Å². The molecule has 6 heteroatoms. The van der Waals surface area contributed by atoms with Crippen molar-refractivity contribution in [3.8, 4) is 0 Å². The molecule has 0 aliphatic rings. The lowest BCUT2D eigenvalue weighted by Gasteiger charge is -1.97. The maximum atomic E-state index is 5.33. The second-order valence-corrected chi connectivity index (χ2v) is 2.60. The molecule has 3 N–H and O–H groups in total. The van der Waals surface area contributed by atoms with Crippen LogP contribution in [0.4, 0.5) is 0 Å². The monoisotopic (exact) mass is 173 g/mol. The third kappa shape index (κ3) is 2.39. The Balaban J connectivity index is 2.39. The minimum Gasteiger partial charge on any atom is -0.330 e. The van der Waals surface area contributed by atoms with Gasteiger partial charge in [0.05, 0.1) is 0 Å². The highest BCUT2D eigenvalue weighted by Crippen LogP contribution is 1.91. The van der Waals surface area contributed by atoms with Gasteiger partial charge in [0.15, 0.2) is 0 Å². The summed E-state index contributed by atoms with van der Waals surface area (Å²) in [7, 11) is 0. The van der Waals surface area contributed by atoms with Crippen LogP contribution in [0.3, 0.4) is 0 Å². The zero-order valence-corrected chi connectivity index (χ0v) is 6.97. The van der Waals surface area contributed by atoms with E-state index >= 15 is 0 Å². The number of nitrogens with zero attached hydrogens (tertiary/aromatic N) is 3. The second kappa shape index (κ2) is 4.20. The summed E-state index contributed by atoms with van der Waals surface area (Å²) < 4.78 is 2.23. The SMILES string of the molecule is NCCCCn1[nH]nnc1=S. The number of hydrogen-bond acceptors (Lipinski definition) is 4. The second-order valence-electron chi connectivity index (χ2n) is 2.23.